The molecule has 0 bridgehead atoms. The van der Waals surface area contributed by atoms with Gasteiger partial charge < -0.3 is 10.6 Å². The van der Waals surface area contributed by atoms with Gasteiger partial charge in [0.1, 0.15) is 23.5 Å². The number of imide groups is 1. The van der Waals surface area contributed by atoms with E-state index in [1.54, 1.807) is 13.1 Å². The second-order valence-electron chi connectivity index (χ2n) is 6.11. The van der Waals surface area contributed by atoms with Crippen LogP contribution >= 0.6 is 0 Å². The van der Waals surface area contributed by atoms with Gasteiger partial charge in [-0.05, 0) is 6.42 Å². The minimum absolute atomic E-state index is 0.200. The SMILES string of the molecule is CNc1cc(NC2CCC(=O)NC2=O)nc(C(C)(C)C)n1. The molecule has 0 spiro atoms. The number of rotatable bonds is 3. The van der Waals surface area contributed by atoms with Crippen LogP contribution in [0, 0.1) is 0 Å². The Bertz CT molecular complexity index is 565. The maximum Gasteiger partial charge on any atom is 0.249 e. The highest BCUT2D eigenvalue weighted by atomic mass is 16.2. The van der Waals surface area contributed by atoms with E-state index in [0.29, 0.717) is 30.3 Å². The maximum absolute atomic E-state index is 11.8. The van der Waals surface area contributed by atoms with Crippen LogP contribution in [-0.2, 0) is 15.0 Å². The van der Waals surface area contributed by atoms with Crippen LogP contribution in [0.4, 0.5) is 11.6 Å². The van der Waals surface area contributed by atoms with Gasteiger partial charge in [0.2, 0.25) is 11.8 Å². The van der Waals surface area contributed by atoms with Crippen molar-refractivity contribution in [3.8, 4) is 0 Å². The molecule has 0 aliphatic carbocycles. The third kappa shape index (κ3) is 3.68. The van der Waals surface area contributed by atoms with Gasteiger partial charge >= 0.3 is 0 Å². The van der Waals surface area contributed by atoms with E-state index in [9.17, 15) is 9.59 Å². The van der Waals surface area contributed by atoms with Crippen molar-refractivity contribution in [1.82, 2.24) is 15.3 Å². The Hall–Kier alpha value is -2.18. The largest absolute Gasteiger partial charge is 0.373 e. The van der Waals surface area contributed by atoms with E-state index in [4.69, 9.17) is 0 Å². The molecule has 1 saturated heterocycles. The zero-order chi connectivity index (χ0) is 15.6. The second-order valence-corrected chi connectivity index (χ2v) is 6.11. The summed E-state index contributed by atoms with van der Waals surface area (Å²) in [5.74, 6) is 1.41. The predicted molar refractivity (Wildman–Crippen MR) is 80.1 cm³/mol. The van der Waals surface area contributed by atoms with Crippen molar-refractivity contribution >= 4 is 23.5 Å². The average molecular weight is 291 g/mol. The van der Waals surface area contributed by atoms with Crippen LogP contribution < -0.4 is 16.0 Å². The average Bonchev–Trinajstić information content (AvgIpc) is 2.40. The van der Waals surface area contributed by atoms with Gasteiger partial charge in [0, 0.05) is 24.9 Å². The summed E-state index contributed by atoms with van der Waals surface area (Å²) in [5, 5.41) is 8.40. The molecule has 1 aromatic rings. The first-order valence-electron chi connectivity index (χ1n) is 6.97. The number of amides is 2. The molecule has 7 heteroatoms. The van der Waals surface area contributed by atoms with Crippen LogP contribution in [-0.4, -0.2) is 34.9 Å². The molecular weight excluding hydrogens is 270 g/mol. The van der Waals surface area contributed by atoms with E-state index in [2.05, 4.69) is 25.9 Å². The van der Waals surface area contributed by atoms with Gasteiger partial charge in [-0.1, -0.05) is 20.8 Å². The highest BCUT2D eigenvalue weighted by molar-refractivity contribution is 6.01. The van der Waals surface area contributed by atoms with Gasteiger partial charge in [0.25, 0.3) is 0 Å². The van der Waals surface area contributed by atoms with Gasteiger partial charge in [-0.25, -0.2) is 9.97 Å². The molecule has 2 amide bonds. The number of carbonyl (C=O) groups excluding carboxylic acids is 2. The first-order valence-corrected chi connectivity index (χ1v) is 6.97. The number of nitrogens with zero attached hydrogens (tertiary/aromatic N) is 2. The molecule has 0 radical (unpaired) electrons. The molecule has 3 N–H and O–H groups in total. The summed E-state index contributed by atoms with van der Waals surface area (Å²) >= 11 is 0. The first-order chi connectivity index (χ1) is 9.79. The lowest BCUT2D eigenvalue weighted by Crippen LogP contribution is -2.47. The summed E-state index contributed by atoms with van der Waals surface area (Å²) in [5.41, 5.74) is -0.200. The molecular formula is C14H21N5O2. The molecule has 1 aliphatic heterocycles. The van der Waals surface area contributed by atoms with Gasteiger partial charge in [-0.2, -0.15) is 0 Å². The maximum atomic E-state index is 11.8. The van der Waals surface area contributed by atoms with E-state index in [1.165, 1.54) is 0 Å². The Morgan fingerprint density at radius 3 is 2.48 bits per heavy atom. The van der Waals surface area contributed by atoms with Crippen molar-refractivity contribution < 1.29 is 9.59 Å². The fourth-order valence-corrected chi connectivity index (χ4v) is 1.99. The lowest BCUT2D eigenvalue weighted by atomic mass is 9.96. The fraction of sp³-hybridized carbons (Fsp3) is 0.571. The molecule has 0 aromatic carbocycles. The summed E-state index contributed by atoms with van der Waals surface area (Å²) in [6, 6.07) is 1.30. The van der Waals surface area contributed by atoms with Gasteiger partial charge in [-0.15, -0.1) is 0 Å². The van der Waals surface area contributed by atoms with Gasteiger partial charge in [0.05, 0.1) is 0 Å². The molecule has 21 heavy (non-hydrogen) atoms. The molecule has 1 unspecified atom stereocenters. The third-order valence-electron chi connectivity index (χ3n) is 3.21. The molecule has 2 rings (SSSR count). The fourth-order valence-electron chi connectivity index (χ4n) is 1.99. The molecule has 1 aliphatic rings. The second kappa shape index (κ2) is 5.67. The van der Waals surface area contributed by atoms with Crippen molar-refractivity contribution in [2.24, 2.45) is 0 Å². The van der Waals surface area contributed by atoms with Crippen LogP contribution in [0.3, 0.4) is 0 Å². The van der Waals surface area contributed by atoms with E-state index >= 15 is 0 Å². The van der Waals surface area contributed by atoms with Crippen molar-refractivity contribution in [3.63, 3.8) is 0 Å². The van der Waals surface area contributed by atoms with Crippen LogP contribution in [0.25, 0.3) is 0 Å². The van der Waals surface area contributed by atoms with Crippen molar-refractivity contribution in [2.75, 3.05) is 17.7 Å². The van der Waals surface area contributed by atoms with Crippen molar-refractivity contribution in [1.29, 1.82) is 0 Å². The Labute approximate surface area is 123 Å². The van der Waals surface area contributed by atoms with Gasteiger partial charge in [-0.3, -0.25) is 14.9 Å². The number of piperidine rings is 1. The summed E-state index contributed by atoms with van der Waals surface area (Å²) in [7, 11) is 1.78. The number of hydrogen-bond donors (Lipinski definition) is 3. The summed E-state index contributed by atoms with van der Waals surface area (Å²) in [6.07, 6.45) is 0.800. The highest BCUT2D eigenvalue weighted by Gasteiger charge is 2.27. The van der Waals surface area contributed by atoms with Crippen LogP contribution in [0.2, 0.25) is 0 Å². The molecule has 2 heterocycles. The van der Waals surface area contributed by atoms with E-state index < -0.39 is 6.04 Å². The molecule has 1 atom stereocenters. The number of anilines is 2. The van der Waals surface area contributed by atoms with E-state index in [0.717, 1.165) is 0 Å². The minimum Gasteiger partial charge on any atom is -0.373 e. The standard InChI is InChI=1S/C14H21N5O2/c1-14(2,3)13-17-9(15-4)7-10(18-13)16-8-5-6-11(20)19-12(8)21/h7-8H,5-6H2,1-4H3,(H,19,20,21)(H2,15,16,17,18). The Morgan fingerprint density at radius 2 is 1.90 bits per heavy atom. The zero-order valence-electron chi connectivity index (χ0n) is 12.8. The number of hydrogen-bond acceptors (Lipinski definition) is 6. The Morgan fingerprint density at radius 1 is 1.24 bits per heavy atom. The van der Waals surface area contributed by atoms with Gasteiger partial charge in [0.15, 0.2) is 0 Å². The summed E-state index contributed by atoms with van der Waals surface area (Å²) in [4.78, 5) is 31.9. The van der Waals surface area contributed by atoms with Crippen molar-refractivity contribution in [3.05, 3.63) is 11.9 Å². The van der Waals surface area contributed by atoms with Crippen LogP contribution in [0.5, 0.6) is 0 Å². The number of aromatic nitrogens is 2. The monoisotopic (exact) mass is 291 g/mol. The number of carbonyl (C=O) groups is 2. The third-order valence-corrected chi connectivity index (χ3v) is 3.21. The predicted octanol–water partition coefficient (Wildman–Crippen LogP) is 1.03. The Kier molecular flexibility index (Phi) is 4.11. The Balaban J connectivity index is 2.23. The zero-order valence-corrected chi connectivity index (χ0v) is 12.8. The topological polar surface area (TPSA) is 96.0 Å². The number of nitrogens with one attached hydrogen (secondary N) is 3. The molecule has 1 aromatic heterocycles. The summed E-state index contributed by atoms with van der Waals surface area (Å²) < 4.78 is 0. The van der Waals surface area contributed by atoms with Crippen LogP contribution in [0.15, 0.2) is 6.07 Å². The normalized spacial score (nSPS) is 19.1. The van der Waals surface area contributed by atoms with Crippen molar-refractivity contribution in [2.45, 2.75) is 45.1 Å². The lowest BCUT2D eigenvalue weighted by Gasteiger charge is -2.24. The molecule has 7 nitrogen and oxygen atoms in total. The quantitative estimate of drug-likeness (QED) is 0.720. The molecule has 0 saturated carbocycles. The minimum atomic E-state index is -0.449. The van der Waals surface area contributed by atoms with E-state index in [-0.39, 0.29) is 17.2 Å². The smallest absolute Gasteiger partial charge is 0.249 e. The summed E-state index contributed by atoms with van der Waals surface area (Å²) in [6.45, 7) is 6.08. The van der Waals surface area contributed by atoms with Crippen LogP contribution in [0.1, 0.15) is 39.4 Å². The van der Waals surface area contributed by atoms with E-state index in [1.807, 2.05) is 20.8 Å². The first kappa shape index (κ1) is 15.2. The highest BCUT2D eigenvalue weighted by Crippen LogP contribution is 2.23. The molecule has 114 valence electrons. The molecule has 1 fully saturated rings. The lowest BCUT2D eigenvalue weighted by molar-refractivity contribution is -0.133.